The molecule has 92 valence electrons. The summed E-state index contributed by atoms with van der Waals surface area (Å²) in [7, 11) is 0. The van der Waals surface area contributed by atoms with Crippen LogP contribution in [-0.4, -0.2) is 34.7 Å². The molecule has 0 saturated carbocycles. The molecule has 0 aliphatic carbocycles. The summed E-state index contributed by atoms with van der Waals surface area (Å²) in [5.41, 5.74) is 4.86. The van der Waals surface area contributed by atoms with Gasteiger partial charge in [0.15, 0.2) is 0 Å². The minimum Gasteiger partial charge on any atom is -0.507 e. The predicted octanol–water partition coefficient (Wildman–Crippen LogP) is -0.269. The summed E-state index contributed by atoms with van der Waals surface area (Å²) >= 11 is 3.15. The summed E-state index contributed by atoms with van der Waals surface area (Å²) in [5, 5.41) is 20.8. The summed E-state index contributed by atoms with van der Waals surface area (Å²) in [6.45, 7) is -0.305. The zero-order chi connectivity index (χ0) is 13.0. The van der Waals surface area contributed by atoms with Gasteiger partial charge in [-0.2, -0.15) is 0 Å². The molecular weight excluding hydrogens is 292 g/mol. The van der Waals surface area contributed by atoms with E-state index in [1.165, 1.54) is 12.1 Å². The number of halogens is 1. The van der Waals surface area contributed by atoms with Gasteiger partial charge < -0.3 is 21.3 Å². The van der Waals surface area contributed by atoms with Crippen molar-refractivity contribution < 1.29 is 19.8 Å². The lowest BCUT2D eigenvalue weighted by Gasteiger charge is -2.09. The van der Waals surface area contributed by atoms with Crippen LogP contribution in [0.4, 0.5) is 0 Å². The molecule has 0 heterocycles. The molecule has 1 atom stereocenters. The highest BCUT2D eigenvalue weighted by Gasteiger charge is 2.15. The Kier molecular flexibility index (Phi) is 4.47. The molecule has 1 aromatic carbocycles. The van der Waals surface area contributed by atoms with Gasteiger partial charge in [0.25, 0.3) is 5.91 Å². The average molecular weight is 303 g/mol. The maximum absolute atomic E-state index is 11.6. The highest BCUT2D eigenvalue weighted by Crippen LogP contribution is 2.21. The van der Waals surface area contributed by atoms with Crippen LogP contribution in [0.1, 0.15) is 10.4 Å². The van der Waals surface area contributed by atoms with Gasteiger partial charge in [0, 0.05) is 4.47 Å². The van der Waals surface area contributed by atoms with E-state index >= 15 is 0 Å². The molecule has 17 heavy (non-hydrogen) atoms. The summed E-state index contributed by atoms with van der Waals surface area (Å²) in [6.07, 6.45) is -1.45. The van der Waals surface area contributed by atoms with Gasteiger partial charge in [0.2, 0.25) is 5.91 Å². The van der Waals surface area contributed by atoms with Crippen LogP contribution < -0.4 is 11.1 Å². The second-order valence-corrected chi connectivity index (χ2v) is 4.21. The Hall–Kier alpha value is -1.60. The third-order valence-electron chi connectivity index (χ3n) is 1.99. The zero-order valence-corrected chi connectivity index (χ0v) is 10.3. The normalized spacial score (nSPS) is 11.9. The monoisotopic (exact) mass is 302 g/mol. The van der Waals surface area contributed by atoms with Gasteiger partial charge in [-0.05, 0) is 18.2 Å². The van der Waals surface area contributed by atoms with E-state index in [9.17, 15) is 14.7 Å². The van der Waals surface area contributed by atoms with E-state index in [1.54, 1.807) is 6.07 Å². The summed E-state index contributed by atoms with van der Waals surface area (Å²) in [6, 6.07) is 4.34. The fourth-order valence-corrected chi connectivity index (χ4v) is 1.44. The number of amides is 2. The average Bonchev–Trinajstić information content (AvgIpc) is 2.28. The Balaban J connectivity index is 2.70. The number of hydrogen-bond donors (Lipinski definition) is 4. The molecule has 2 amide bonds. The third kappa shape index (κ3) is 3.72. The van der Waals surface area contributed by atoms with E-state index in [4.69, 9.17) is 10.8 Å². The van der Waals surface area contributed by atoms with Gasteiger partial charge in [-0.1, -0.05) is 15.9 Å². The lowest BCUT2D eigenvalue weighted by molar-refractivity contribution is -0.125. The highest BCUT2D eigenvalue weighted by atomic mass is 79.9. The number of nitrogens with one attached hydrogen (secondary N) is 1. The maximum Gasteiger partial charge on any atom is 0.255 e. The lowest BCUT2D eigenvalue weighted by Crippen LogP contribution is -2.39. The Morgan fingerprint density at radius 3 is 2.71 bits per heavy atom. The van der Waals surface area contributed by atoms with E-state index in [1.807, 2.05) is 0 Å². The second-order valence-electron chi connectivity index (χ2n) is 3.29. The van der Waals surface area contributed by atoms with Crippen molar-refractivity contribution in [1.29, 1.82) is 0 Å². The quantitative estimate of drug-likeness (QED) is 0.613. The highest BCUT2D eigenvalue weighted by molar-refractivity contribution is 9.10. The number of carbonyl (C=O) groups excluding carboxylic acids is 2. The number of nitrogens with two attached hydrogens (primary N) is 1. The zero-order valence-electron chi connectivity index (χ0n) is 8.68. The van der Waals surface area contributed by atoms with E-state index in [0.717, 1.165) is 0 Å². The topological polar surface area (TPSA) is 113 Å². The molecule has 5 N–H and O–H groups in total. The van der Waals surface area contributed by atoms with E-state index in [-0.39, 0.29) is 17.9 Å². The van der Waals surface area contributed by atoms with Crippen LogP contribution in [-0.2, 0) is 4.79 Å². The largest absolute Gasteiger partial charge is 0.507 e. The molecule has 0 fully saturated rings. The number of aliphatic hydroxyl groups excluding tert-OH is 1. The molecule has 0 aliphatic heterocycles. The first-order valence-electron chi connectivity index (χ1n) is 4.66. The van der Waals surface area contributed by atoms with Gasteiger partial charge in [-0.25, -0.2) is 0 Å². The molecule has 0 saturated heterocycles. The Bertz CT molecular complexity index is 450. The number of phenolic OH excluding ortho intramolecular Hbond substituents is 1. The van der Waals surface area contributed by atoms with Crippen LogP contribution in [0.2, 0.25) is 0 Å². The van der Waals surface area contributed by atoms with Gasteiger partial charge in [-0.3, -0.25) is 9.59 Å². The molecule has 0 bridgehead atoms. The van der Waals surface area contributed by atoms with Crippen LogP contribution in [0.5, 0.6) is 5.75 Å². The smallest absolute Gasteiger partial charge is 0.255 e. The molecule has 1 aromatic rings. The number of benzene rings is 1. The molecular formula is C10H11BrN2O4. The molecule has 0 aromatic heterocycles. The molecule has 1 rings (SSSR count). The Labute approximate surface area is 106 Å². The number of aromatic hydroxyl groups is 1. The molecule has 0 spiro atoms. The Morgan fingerprint density at radius 1 is 1.47 bits per heavy atom. The first-order valence-corrected chi connectivity index (χ1v) is 5.45. The van der Waals surface area contributed by atoms with E-state index < -0.39 is 17.9 Å². The van der Waals surface area contributed by atoms with Crippen molar-refractivity contribution in [2.24, 2.45) is 5.73 Å². The number of phenols is 1. The molecule has 6 nitrogen and oxygen atoms in total. The number of aliphatic hydroxyl groups is 1. The first-order chi connectivity index (χ1) is 7.91. The summed E-state index contributed by atoms with van der Waals surface area (Å²) in [5.74, 6) is -1.73. The third-order valence-corrected chi connectivity index (χ3v) is 2.48. The van der Waals surface area contributed by atoms with Crippen LogP contribution >= 0.6 is 15.9 Å². The summed E-state index contributed by atoms with van der Waals surface area (Å²) in [4.78, 5) is 22.1. The van der Waals surface area contributed by atoms with Crippen molar-refractivity contribution in [3.8, 4) is 5.75 Å². The second kappa shape index (κ2) is 5.65. The van der Waals surface area contributed by atoms with Gasteiger partial charge in [0.05, 0.1) is 12.1 Å². The molecule has 1 unspecified atom stereocenters. The number of hydrogen-bond acceptors (Lipinski definition) is 4. The van der Waals surface area contributed by atoms with Crippen molar-refractivity contribution in [2.75, 3.05) is 6.54 Å². The molecule has 7 heteroatoms. The van der Waals surface area contributed by atoms with Crippen molar-refractivity contribution in [3.05, 3.63) is 28.2 Å². The van der Waals surface area contributed by atoms with E-state index in [0.29, 0.717) is 4.47 Å². The van der Waals surface area contributed by atoms with Gasteiger partial charge in [0.1, 0.15) is 11.9 Å². The number of rotatable bonds is 4. The fourth-order valence-electron chi connectivity index (χ4n) is 1.08. The lowest BCUT2D eigenvalue weighted by atomic mass is 10.2. The van der Waals surface area contributed by atoms with Crippen LogP contribution in [0.3, 0.4) is 0 Å². The number of carbonyl (C=O) groups is 2. The predicted molar refractivity (Wildman–Crippen MR) is 63.3 cm³/mol. The minimum atomic E-state index is -1.45. The van der Waals surface area contributed by atoms with Crippen LogP contribution in [0.15, 0.2) is 22.7 Å². The van der Waals surface area contributed by atoms with Gasteiger partial charge >= 0.3 is 0 Å². The Morgan fingerprint density at radius 2 is 2.12 bits per heavy atom. The summed E-state index contributed by atoms with van der Waals surface area (Å²) < 4.78 is 0.621. The first kappa shape index (κ1) is 13.5. The van der Waals surface area contributed by atoms with Gasteiger partial charge in [-0.15, -0.1) is 0 Å². The van der Waals surface area contributed by atoms with Crippen LogP contribution in [0.25, 0.3) is 0 Å². The van der Waals surface area contributed by atoms with Crippen molar-refractivity contribution in [3.63, 3.8) is 0 Å². The van der Waals surface area contributed by atoms with Crippen molar-refractivity contribution in [1.82, 2.24) is 5.32 Å². The standard InChI is InChI=1S/C10H11BrN2O4/c11-5-1-2-7(14)6(3-5)10(17)13-4-8(15)9(12)16/h1-3,8,14-15H,4H2,(H2,12,16)(H,13,17). The minimum absolute atomic E-state index is 0.0380. The SMILES string of the molecule is NC(=O)C(O)CNC(=O)c1cc(Br)ccc1O. The molecule has 0 aliphatic rings. The fraction of sp³-hybridized carbons (Fsp3) is 0.200. The van der Waals surface area contributed by atoms with Crippen molar-refractivity contribution >= 4 is 27.7 Å². The number of primary amides is 1. The molecule has 0 radical (unpaired) electrons. The van der Waals surface area contributed by atoms with Crippen molar-refractivity contribution in [2.45, 2.75) is 6.10 Å². The van der Waals surface area contributed by atoms with E-state index in [2.05, 4.69) is 21.2 Å². The van der Waals surface area contributed by atoms with Crippen LogP contribution in [0, 0.1) is 0 Å². The maximum atomic E-state index is 11.6.